The average Bonchev–Trinajstić information content (AvgIpc) is 2.39. The molecule has 0 radical (unpaired) electrons. The zero-order valence-corrected chi connectivity index (χ0v) is 11.3. The number of aromatic carboxylic acids is 1. The van der Waals surface area contributed by atoms with E-state index in [9.17, 15) is 9.90 Å². The highest BCUT2D eigenvalue weighted by Gasteiger charge is 2.20. The summed E-state index contributed by atoms with van der Waals surface area (Å²) in [6.07, 6.45) is 3.40. The number of hydrogen-bond donors (Lipinski definition) is 1. The Kier molecular flexibility index (Phi) is 4.31. The first-order valence-corrected chi connectivity index (χ1v) is 6.43. The summed E-state index contributed by atoms with van der Waals surface area (Å²) in [4.78, 5) is 21.3. The number of ether oxygens (including phenoxy) is 1. The second-order valence-corrected chi connectivity index (χ2v) is 4.90. The summed E-state index contributed by atoms with van der Waals surface area (Å²) in [5, 5.41) is 9.18. The van der Waals surface area contributed by atoms with Crippen molar-refractivity contribution in [3.8, 4) is 0 Å². The van der Waals surface area contributed by atoms with Crippen LogP contribution in [0.25, 0.3) is 0 Å². The normalized spacial score (nSPS) is 16.3. The summed E-state index contributed by atoms with van der Waals surface area (Å²) in [6.45, 7) is 4.12. The molecule has 1 fully saturated rings. The number of anilines is 1. The maximum absolute atomic E-state index is 11.2. The molecule has 6 heteroatoms. The molecular weight excluding hydrogens is 246 g/mol. The van der Waals surface area contributed by atoms with E-state index in [1.807, 2.05) is 11.9 Å². The van der Waals surface area contributed by atoms with Gasteiger partial charge >= 0.3 is 5.97 Å². The Bertz CT molecular complexity index is 458. The topological polar surface area (TPSA) is 75.5 Å². The first-order chi connectivity index (χ1) is 9.08. The van der Waals surface area contributed by atoms with Crippen molar-refractivity contribution in [2.24, 2.45) is 5.92 Å². The minimum atomic E-state index is -0.992. The Hall–Kier alpha value is -1.69. The lowest BCUT2D eigenvalue weighted by molar-refractivity contribution is 0.0677. The molecule has 1 aromatic heterocycles. The van der Waals surface area contributed by atoms with E-state index in [-0.39, 0.29) is 5.56 Å². The second kappa shape index (κ2) is 5.97. The molecule has 1 saturated heterocycles. The van der Waals surface area contributed by atoms with Crippen molar-refractivity contribution in [3.05, 3.63) is 17.6 Å². The summed E-state index contributed by atoms with van der Waals surface area (Å²) in [5.41, 5.74) is 0.153. The maximum Gasteiger partial charge on any atom is 0.341 e. The summed E-state index contributed by atoms with van der Waals surface area (Å²) in [6, 6.07) is 0. The molecule has 0 aromatic carbocycles. The quantitative estimate of drug-likeness (QED) is 0.885. The van der Waals surface area contributed by atoms with E-state index in [2.05, 4.69) is 9.97 Å². The van der Waals surface area contributed by atoms with Crippen molar-refractivity contribution in [1.29, 1.82) is 0 Å². The number of aromatic nitrogens is 2. The van der Waals surface area contributed by atoms with Crippen LogP contribution in [0.2, 0.25) is 0 Å². The van der Waals surface area contributed by atoms with Crippen LogP contribution in [-0.2, 0) is 4.74 Å². The SMILES string of the molecule is Cc1ncc(C(=O)O)c(N(C)CC2CCOCC2)n1. The van der Waals surface area contributed by atoms with Gasteiger partial charge in [0.25, 0.3) is 0 Å². The number of carboxylic acid groups (broad SMARTS) is 1. The molecule has 0 amide bonds. The van der Waals surface area contributed by atoms with E-state index < -0.39 is 5.97 Å². The van der Waals surface area contributed by atoms with Crippen LogP contribution >= 0.6 is 0 Å². The number of carboxylic acids is 1. The van der Waals surface area contributed by atoms with Crippen molar-refractivity contribution in [2.45, 2.75) is 19.8 Å². The van der Waals surface area contributed by atoms with Gasteiger partial charge in [0.1, 0.15) is 17.2 Å². The minimum absolute atomic E-state index is 0.153. The number of rotatable bonds is 4. The van der Waals surface area contributed by atoms with E-state index in [1.54, 1.807) is 6.92 Å². The first-order valence-electron chi connectivity index (χ1n) is 6.43. The summed E-state index contributed by atoms with van der Waals surface area (Å²) >= 11 is 0. The molecule has 1 aromatic rings. The van der Waals surface area contributed by atoms with Gasteiger partial charge in [0.05, 0.1) is 0 Å². The number of hydrogen-bond acceptors (Lipinski definition) is 5. The van der Waals surface area contributed by atoms with E-state index >= 15 is 0 Å². The first kappa shape index (κ1) is 13.7. The lowest BCUT2D eigenvalue weighted by Crippen LogP contribution is -2.31. The minimum Gasteiger partial charge on any atom is -0.477 e. The lowest BCUT2D eigenvalue weighted by Gasteiger charge is -2.28. The van der Waals surface area contributed by atoms with Crippen LogP contribution in [0.3, 0.4) is 0 Å². The van der Waals surface area contributed by atoms with Gasteiger partial charge in [-0.3, -0.25) is 0 Å². The van der Waals surface area contributed by atoms with Gasteiger partial charge in [0.2, 0.25) is 0 Å². The smallest absolute Gasteiger partial charge is 0.341 e. The Balaban J connectivity index is 2.14. The Morgan fingerprint density at radius 1 is 1.53 bits per heavy atom. The predicted molar refractivity (Wildman–Crippen MR) is 70.5 cm³/mol. The van der Waals surface area contributed by atoms with E-state index in [0.717, 1.165) is 32.6 Å². The molecule has 0 aliphatic carbocycles. The standard InChI is InChI=1S/C13H19N3O3/c1-9-14-7-11(13(17)18)12(15-9)16(2)8-10-3-5-19-6-4-10/h7,10H,3-6,8H2,1-2H3,(H,17,18). The van der Waals surface area contributed by atoms with Gasteiger partial charge < -0.3 is 14.7 Å². The third-order valence-corrected chi connectivity index (χ3v) is 3.35. The van der Waals surface area contributed by atoms with Crippen molar-refractivity contribution in [2.75, 3.05) is 31.7 Å². The van der Waals surface area contributed by atoms with Gasteiger partial charge in [-0.15, -0.1) is 0 Å². The third kappa shape index (κ3) is 3.41. The molecule has 0 spiro atoms. The van der Waals surface area contributed by atoms with E-state index in [0.29, 0.717) is 17.6 Å². The summed E-state index contributed by atoms with van der Waals surface area (Å²) < 4.78 is 5.33. The number of carbonyl (C=O) groups is 1. The molecule has 2 rings (SSSR count). The molecular formula is C13H19N3O3. The monoisotopic (exact) mass is 265 g/mol. The molecule has 1 N–H and O–H groups in total. The van der Waals surface area contributed by atoms with Crippen molar-refractivity contribution in [3.63, 3.8) is 0 Å². The Labute approximate surface area is 112 Å². The fraction of sp³-hybridized carbons (Fsp3) is 0.615. The highest BCUT2D eigenvalue weighted by Crippen LogP contribution is 2.21. The average molecular weight is 265 g/mol. The molecule has 2 heterocycles. The van der Waals surface area contributed by atoms with Crippen LogP contribution in [0.4, 0.5) is 5.82 Å². The Morgan fingerprint density at radius 2 is 2.21 bits per heavy atom. The van der Waals surface area contributed by atoms with Crippen molar-refractivity contribution in [1.82, 2.24) is 9.97 Å². The molecule has 1 aliphatic heterocycles. The Morgan fingerprint density at radius 3 is 2.84 bits per heavy atom. The van der Waals surface area contributed by atoms with Gasteiger partial charge in [-0.2, -0.15) is 0 Å². The van der Waals surface area contributed by atoms with Gasteiger partial charge in [0.15, 0.2) is 0 Å². The third-order valence-electron chi connectivity index (χ3n) is 3.35. The van der Waals surface area contributed by atoms with Crippen LogP contribution in [-0.4, -0.2) is 47.8 Å². The molecule has 0 bridgehead atoms. The van der Waals surface area contributed by atoms with Crippen LogP contribution < -0.4 is 4.90 Å². The molecule has 6 nitrogen and oxygen atoms in total. The molecule has 19 heavy (non-hydrogen) atoms. The zero-order valence-electron chi connectivity index (χ0n) is 11.3. The van der Waals surface area contributed by atoms with Crippen LogP contribution in [0.15, 0.2) is 6.20 Å². The molecule has 0 atom stereocenters. The number of aryl methyl sites for hydroxylation is 1. The summed E-state index contributed by atoms with van der Waals surface area (Å²) in [7, 11) is 1.88. The van der Waals surface area contributed by atoms with Crippen LogP contribution in [0.1, 0.15) is 29.0 Å². The maximum atomic E-state index is 11.2. The van der Waals surface area contributed by atoms with Crippen LogP contribution in [0.5, 0.6) is 0 Å². The molecule has 1 aliphatic rings. The van der Waals surface area contributed by atoms with E-state index in [1.165, 1.54) is 6.20 Å². The highest BCUT2D eigenvalue weighted by atomic mass is 16.5. The molecule has 0 saturated carbocycles. The lowest BCUT2D eigenvalue weighted by atomic mass is 10.00. The molecule has 0 unspecified atom stereocenters. The second-order valence-electron chi connectivity index (χ2n) is 4.90. The van der Waals surface area contributed by atoms with Crippen molar-refractivity contribution < 1.29 is 14.6 Å². The largest absolute Gasteiger partial charge is 0.477 e. The number of nitrogens with zero attached hydrogens (tertiary/aromatic N) is 3. The summed E-state index contributed by atoms with van der Waals surface area (Å²) in [5.74, 6) is 0.606. The van der Waals surface area contributed by atoms with Crippen LogP contribution in [0, 0.1) is 12.8 Å². The fourth-order valence-electron chi connectivity index (χ4n) is 2.30. The van der Waals surface area contributed by atoms with Gasteiger partial charge in [-0.05, 0) is 25.7 Å². The molecule has 104 valence electrons. The van der Waals surface area contributed by atoms with Gasteiger partial charge in [-0.25, -0.2) is 14.8 Å². The zero-order chi connectivity index (χ0) is 13.8. The van der Waals surface area contributed by atoms with Gasteiger partial charge in [0, 0.05) is 33.0 Å². The fourth-order valence-corrected chi connectivity index (χ4v) is 2.30. The van der Waals surface area contributed by atoms with Crippen molar-refractivity contribution >= 4 is 11.8 Å². The predicted octanol–water partition coefficient (Wildman–Crippen LogP) is 1.35. The van der Waals surface area contributed by atoms with E-state index in [4.69, 9.17) is 4.74 Å². The van der Waals surface area contributed by atoms with Gasteiger partial charge in [-0.1, -0.05) is 0 Å². The highest BCUT2D eigenvalue weighted by molar-refractivity contribution is 5.92.